The SMILES string of the molecule is CCC(CC)N1CCC2(CC1)Cc1cc(CN(C)C)ccc1O2. The molecule has 1 fully saturated rings. The average molecular weight is 316 g/mol. The van der Waals surface area contributed by atoms with Crippen LogP contribution in [0.1, 0.15) is 50.7 Å². The Kier molecular flexibility index (Phi) is 4.98. The van der Waals surface area contributed by atoms with E-state index in [4.69, 9.17) is 4.74 Å². The summed E-state index contributed by atoms with van der Waals surface area (Å²) in [7, 11) is 4.25. The third kappa shape index (κ3) is 3.56. The van der Waals surface area contributed by atoms with Crippen LogP contribution in [0.15, 0.2) is 18.2 Å². The van der Waals surface area contributed by atoms with Crippen LogP contribution in [0.25, 0.3) is 0 Å². The van der Waals surface area contributed by atoms with Gasteiger partial charge in [-0.15, -0.1) is 0 Å². The summed E-state index contributed by atoms with van der Waals surface area (Å²) in [5.74, 6) is 1.13. The van der Waals surface area contributed by atoms with E-state index in [1.54, 1.807) is 0 Å². The molecule has 0 unspecified atom stereocenters. The molecule has 2 aliphatic rings. The van der Waals surface area contributed by atoms with Crippen LogP contribution in [-0.2, 0) is 13.0 Å². The number of hydrogen-bond acceptors (Lipinski definition) is 3. The second-order valence-corrected chi connectivity index (χ2v) is 7.65. The van der Waals surface area contributed by atoms with Gasteiger partial charge in [-0.05, 0) is 44.1 Å². The predicted molar refractivity (Wildman–Crippen MR) is 96.1 cm³/mol. The molecule has 0 saturated carbocycles. The number of nitrogens with zero attached hydrogens (tertiary/aromatic N) is 2. The minimum atomic E-state index is 0.0710. The van der Waals surface area contributed by atoms with Gasteiger partial charge in [0, 0.05) is 44.9 Å². The molecule has 0 N–H and O–H groups in total. The molecular weight excluding hydrogens is 284 g/mol. The molecule has 0 aliphatic carbocycles. The van der Waals surface area contributed by atoms with Crippen molar-refractivity contribution < 1.29 is 4.74 Å². The van der Waals surface area contributed by atoms with E-state index in [1.165, 1.54) is 49.9 Å². The van der Waals surface area contributed by atoms with Crippen molar-refractivity contribution >= 4 is 0 Å². The van der Waals surface area contributed by atoms with Gasteiger partial charge in [0.2, 0.25) is 0 Å². The summed E-state index contributed by atoms with van der Waals surface area (Å²) in [5, 5.41) is 0. The topological polar surface area (TPSA) is 15.7 Å². The first-order chi connectivity index (χ1) is 11.0. The Morgan fingerprint density at radius 3 is 2.48 bits per heavy atom. The third-order valence-corrected chi connectivity index (χ3v) is 5.63. The van der Waals surface area contributed by atoms with E-state index in [0.717, 1.165) is 24.8 Å². The van der Waals surface area contributed by atoms with E-state index in [2.05, 4.69) is 55.9 Å². The predicted octanol–water partition coefficient (Wildman–Crippen LogP) is 3.71. The minimum absolute atomic E-state index is 0.0710. The Morgan fingerprint density at radius 1 is 1.17 bits per heavy atom. The molecule has 1 saturated heterocycles. The van der Waals surface area contributed by atoms with Crippen molar-refractivity contribution in [3.63, 3.8) is 0 Å². The van der Waals surface area contributed by atoms with Gasteiger partial charge in [-0.3, -0.25) is 0 Å². The number of piperidine rings is 1. The zero-order valence-electron chi connectivity index (χ0n) is 15.3. The zero-order chi connectivity index (χ0) is 16.4. The van der Waals surface area contributed by atoms with E-state index < -0.39 is 0 Å². The van der Waals surface area contributed by atoms with Gasteiger partial charge in [0.1, 0.15) is 11.4 Å². The Balaban J connectivity index is 1.65. The second kappa shape index (κ2) is 6.82. The quantitative estimate of drug-likeness (QED) is 0.823. The molecule has 2 aliphatic heterocycles. The number of fused-ring (bicyclic) bond motifs is 1. The van der Waals surface area contributed by atoms with Crippen molar-refractivity contribution in [2.75, 3.05) is 27.2 Å². The highest BCUT2D eigenvalue weighted by atomic mass is 16.5. The molecule has 0 radical (unpaired) electrons. The summed E-state index contributed by atoms with van der Waals surface area (Å²) in [5.41, 5.74) is 2.88. The summed E-state index contributed by atoms with van der Waals surface area (Å²) in [4.78, 5) is 4.90. The van der Waals surface area contributed by atoms with Crippen molar-refractivity contribution in [2.24, 2.45) is 0 Å². The lowest BCUT2D eigenvalue weighted by Gasteiger charge is -2.41. The molecule has 1 aromatic carbocycles. The number of hydrogen-bond donors (Lipinski definition) is 0. The highest BCUT2D eigenvalue weighted by Crippen LogP contribution is 2.41. The first-order valence-corrected chi connectivity index (χ1v) is 9.25. The monoisotopic (exact) mass is 316 g/mol. The van der Waals surface area contributed by atoms with Crippen molar-refractivity contribution in [3.8, 4) is 5.75 Å². The van der Waals surface area contributed by atoms with Crippen molar-refractivity contribution in [3.05, 3.63) is 29.3 Å². The summed E-state index contributed by atoms with van der Waals surface area (Å²) in [6.07, 6.45) is 5.96. The van der Waals surface area contributed by atoms with Gasteiger partial charge in [-0.25, -0.2) is 0 Å². The fraction of sp³-hybridized carbons (Fsp3) is 0.700. The number of ether oxygens (including phenoxy) is 1. The standard InChI is InChI=1S/C20H32N2O/c1-5-18(6-2)22-11-9-20(10-12-22)14-17-13-16(15-21(3)4)7-8-19(17)23-20/h7-8,13,18H,5-6,9-12,14-15H2,1-4H3. The van der Waals surface area contributed by atoms with Gasteiger partial charge in [-0.2, -0.15) is 0 Å². The molecule has 0 atom stereocenters. The van der Waals surface area contributed by atoms with Crippen LogP contribution in [0.2, 0.25) is 0 Å². The van der Waals surface area contributed by atoms with Gasteiger partial charge in [0.15, 0.2) is 0 Å². The van der Waals surface area contributed by atoms with Crippen LogP contribution < -0.4 is 4.74 Å². The van der Waals surface area contributed by atoms with Gasteiger partial charge < -0.3 is 14.5 Å². The van der Waals surface area contributed by atoms with Crippen molar-refractivity contribution in [2.45, 2.75) is 64.1 Å². The second-order valence-electron chi connectivity index (χ2n) is 7.65. The Bertz CT molecular complexity index is 528. The van der Waals surface area contributed by atoms with E-state index in [9.17, 15) is 0 Å². The number of benzene rings is 1. The first-order valence-electron chi connectivity index (χ1n) is 9.25. The molecule has 3 heteroatoms. The van der Waals surface area contributed by atoms with E-state index in [-0.39, 0.29) is 5.60 Å². The molecule has 0 bridgehead atoms. The van der Waals surface area contributed by atoms with Crippen molar-refractivity contribution in [1.29, 1.82) is 0 Å². The average Bonchev–Trinajstić information content (AvgIpc) is 2.87. The number of rotatable bonds is 5. The zero-order valence-corrected chi connectivity index (χ0v) is 15.3. The molecule has 128 valence electrons. The molecule has 3 nitrogen and oxygen atoms in total. The fourth-order valence-corrected chi connectivity index (χ4v) is 4.33. The Morgan fingerprint density at radius 2 is 1.87 bits per heavy atom. The summed E-state index contributed by atoms with van der Waals surface area (Å²) >= 11 is 0. The fourth-order valence-electron chi connectivity index (χ4n) is 4.33. The minimum Gasteiger partial charge on any atom is -0.487 e. The van der Waals surface area contributed by atoms with Crippen LogP contribution in [0.3, 0.4) is 0 Å². The number of likely N-dealkylation sites (tertiary alicyclic amines) is 1. The molecule has 1 spiro atoms. The van der Waals surface area contributed by atoms with Crippen LogP contribution in [-0.4, -0.2) is 48.6 Å². The third-order valence-electron chi connectivity index (χ3n) is 5.63. The largest absolute Gasteiger partial charge is 0.487 e. The maximum atomic E-state index is 6.45. The summed E-state index contributed by atoms with van der Waals surface area (Å²) in [6, 6.07) is 7.52. The van der Waals surface area contributed by atoms with Crippen LogP contribution in [0.5, 0.6) is 5.75 Å². The molecule has 0 aromatic heterocycles. The normalized spacial score (nSPS) is 20.3. The van der Waals surface area contributed by atoms with E-state index in [0.29, 0.717) is 0 Å². The molecule has 23 heavy (non-hydrogen) atoms. The highest BCUT2D eigenvalue weighted by Gasteiger charge is 2.42. The lowest BCUT2D eigenvalue weighted by molar-refractivity contribution is 0.00435. The van der Waals surface area contributed by atoms with Gasteiger partial charge in [-0.1, -0.05) is 26.0 Å². The maximum absolute atomic E-state index is 6.45. The lowest BCUT2D eigenvalue weighted by atomic mass is 9.86. The van der Waals surface area contributed by atoms with E-state index >= 15 is 0 Å². The van der Waals surface area contributed by atoms with Crippen LogP contribution >= 0.6 is 0 Å². The van der Waals surface area contributed by atoms with E-state index in [1.807, 2.05) is 0 Å². The van der Waals surface area contributed by atoms with Crippen LogP contribution in [0.4, 0.5) is 0 Å². The van der Waals surface area contributed by atoms with Crippen molar-refractivity contribution in [1.82, 2.24) is 9.80 Å². The smallest absolute Gasteiger partial charge is 0.123 e. The Labute approximate surface area is 141 Å². The molecule has 2 heterocycles. The van der Waals surface area contributed by atoms with Gasteiger partial charge >= 0.3 is 0 Å². The maximum Gasteiger partial charge on any atom is 0.123 e. The van der Waals surface area contributed by atoms with Crippen LogP contribution in [0, 0.1) is 0 Å². The molecule has 3 rings (SSSR count). The highest BCUT2D eigenvalue weighted by molar-refractivity contribution is 5.42. The summed E-state index contributed by atoms with van der Waals surface area (Å²) < 4.78 is 6.45. The van der Waals surface area contributed by atoms with Gasteiger partial charge in [0.05, 0.1) is 0 Å². The molecular formula is C20H32N2O. The lowest BCUT2D eigenvalue weighted by Crippen LogP contribution is -2.50. The molecule has 0 amide bonds. The molecule has 1 aromatic rings. The summed E-state index contributed by atoms with van der Waals surface area (Å²) in [6.45, 7) is 8.00. The first kappa shape index (κ1) is 16.8. The van der Waals surface area contributed by atoms with Gasteiger partial charge in [0.25, 0.3) is 0 Å². The Hall–Kier alpha value is -1.06.